The van der Waals surface area contributed by atoms with E-state index in [1.54, 1.807) is 24.3 Å². The van der Waals surface area contributed by atoms with Gasteiger partial charge in [0.1, 0.15) is 12.4 Å². The molecule has 0 spiro atoms. The number of benzene rings is 1. The molecule has 0 unspecified atom stereocenters. The largest absolute Gasteiger partial charge is 0.492 e. The molecule has 0 saturated heterocycles. The Kier molecular flexibility index (Phi) is 2.83. The minimum atomic E-state index is -0.343. The quantitative estimate of drug-likeness (QED) is 0.779. The molecule has 1 aliphatic carbocycles. The normalized spacial score (nSPS) is 16.6. The van der Waals surface area contributed by atoms with Gasteiger partial charge >= 0.3 is 5.97 Å². The number of carbonyl (C=O) groups is 1. The average molecular weight is 221 g/mol. The van der Waals surface area contributed by atoms with Gasteiger partial charge in [-0.3, -0.25) is 0 Å². The third-order valence-corrected chi connectivity index (χ3v) is 2.69. The predicted molar refractivity (Wildman–Crippen MR) is 59.4 cm³/mol. The smallest absolute Gasteiger partial charge is 0.337 e. The van der Waals surface area contributed by atoms with E-state index in [0.717, 1.165) is 18.6 Å². The number of hydrogen-bond acceptors (Lipinski definition) is 4. The number of ether oxygens (including phenoxy) is 2. The number of rotatable bonds is 4. The van der Waals surface area contributed by atoms with E-state index in [-0.39, 0.29) is 11.5 Å². The highest BCUT2D eigenvalue weighted by Crippen LogP contribution is 2.32. The molecule has 2 N–H and O–H groups in total. The van der Waals surface area contributed by atoms with Crippen molar-refractivity contribution in [1.29, 1.82) is 0 Å². The summed E-state index contributed by atoms with van der Waals surface area (Å²) in [6.45, 7) is 0.532. The first-order valence-corrected chi connectivity index (χ1v) is 5.23. The SMILES string of the molecule is COC(=O)c1ccc(OCC2(N)CC2)cc1. The molecule has 1 saturated carbocycles. The molecular weight excluding hydrogens is 206 g/mol. The first-order chi connectivity index (χ1) is 7.63. The van der Waals surface area contributed by atoms with Crippen molar-refractivity contribution in [3.05, 3.63) is 29.8 Å². The van der Waals surface area contributed by atoms with Crippen molar-refractivity contribution >= 4 is 5.97 Å². The molecule has 1 aliphatic rings. The van der Waals surface area contributed by atoms with Gasteiger partial charge in [-0.15, -0.1) is 0 Å². The number of carbonyl (C=O) groups excluding carboxylic acids is 1. The molecule has 1 aromatic carbocycles. The zero-order chi connectivity index (χ0) is 11.6. The average Bonchev–Trinajstić information content (AvgIpc) is 3.05. The zero-order valence-electron chi connectivity index (χ0n) is 9.23. The van der Waals surface area contributed by atoms with Crippen LogP contribution in [0.5, 0.6) is 5.75 Å². The highest BCUT2D eigenvalue weighted by Gasteiger charge is 2.39. The van der Waals surface area contributed by atoms with E-state index >= 15 is 0 Å². The highest BCUT2D eigenvalue weighted by molar-refractivity contribution is 5.89. The summed E-state index contributed by atoms with van der Waals surface area (Å²) in [5, 5.41) is 0. The van der Waals surface area contributed by atoms with Gasteiger partial charge in [-0.25, -0.2) is 4.79 Å². The first kappa shape index (κ1) is 11.0. The molecule has 0 bridgehead atoms. The van der Waals surface area contributed by atoms with Gasteiger partial charge in [-0.05, 0) is 37.1 Å². The molecule has 0 amide bonds. The second-order valence-corrected chi connectivity index (χ2v) is 4.17. The molecule has 86 valence electrons. The van der Waals surface area contributed by atoms with Crippen molar-refractivity contribution in [2.24, 2.45) is 5.73 Å². The lowest BCUT2D eigenvalue weighted by Crippen LogP contribution is -2.29. The molecular formula is C12H15NO3. The fraction of sp³-hybridized carbons (Fsp3) is 0.417. The summed E-state index contributed by atoms with van der Waals surface area (Å²) in [6, 6.07) is 6.85. The maximum atomic E-state index is 11.2. The third-order valence-electron chi connectivity index (χ3n) is 2.69. The van der Waals surface area contributed by atoms with Gasteiger partial charge in [0.05, 0.1) is 18.2 Å². The van der Waals surface area contributed by atoms with Gasteiger partial charge in [-0.1, -0.05) is 0 Å². The summed E-state index contributed by atoms with van der Waals surface area (Å²) in [5.41, 5.74) is 6.29. The summed E-state index contributed by atoms with van der Waals surface area (Å²) in [5.74, 6) is 0.383. The Balaban J connectivity index is 1.93. The fourth-order valence-electron chi connectivity index (χ4n) is 1.34. The van der Waals surface area contributed by atoms with E-state index in [4.69, 9.17) is 10.5 Å². The van der Waals surface area contributed by atoms with Gasteiger partial charge in [0.25, 0.3) is 0 Å². The van der Waals surface area contributed by atoms with Gasteiger partial charge in [0.2, 0.25) is 0 Å². The second-order valence-electron chi connectivity index (χ2n) is 4.17. The molecule has 1 aromatic rings. The molecule has 0 aliphatic heterocycles. The minimum absolute atomic E-state index is 0.124. The van der Waals surface area contributed by atoms with E-state index < -0.39 is 0 Å². The maximum absolute atomic E-state index is 11.2. The van der Waals surface area contributed by atoms with Crippen LogP contribution in [0.2, 0.25) is 0 Å². The first-order valence-electron chi connectivity index (χ1n) is 5.23. The van der Waals surface area contributed by atoms with Crippen LogP contribution in [0.15, 0.2) is 24.3 Å². The lowest BCUT2D eigenvalue weighted by atomic mass is 10.2. The second kappa shape index (κ2) is 4.14. The minimum Gasteiger partial charge on any atom is -0.492 e. The summed E-state index contributed by atoms with van der Waals surface area (Å²) in [6.07, 6.45) is 2.04. The van der Waals surface area contributed by atoms with Crippen LogP contribution in [-0.4, -0.2) is 25.2 Å². The van der Waals surface area contributed by atoms with Crippen LogP contribution >= 0.6 is 0 Å². The Morgan fingerprint density at radius 1 is 1.38 bits per heavy atom. The Bertz CT molecular complexity index is 382. The molecule has 0 atom stereocenters. The van der Waals surface area contributed by atoms with E-state index in [9.17, 15) is 4.79 Å². The summed E-state index contributed by atoms with van der Waals surface area (Å²) in [4.78, 5) is 11.2. The lowest BCUT2D eigenvalue weighted by Gasteiger charge is -2.11. The predicted octanol–water partition coefficient (Wildman–Crippen LogP) is 1.34. The molecule has 0 aromatic heterocycles. The zero-order valence-corrected chi connectivity index (χ0v) is 9.23. The van der Waals surface area contributed by atoms with Crippen molar-refractivity contribution in [2.45, 2.75) is 18.4 Å². The number of nitrogens with two attached hydrogens (primary N) is 1. The van der Waals surface area contributed by atoms with Gasteiger partial charge in [0, 0.05) is 0 Å². The standard InChI is InChI=1S/C12H15NO3/c1-15-11(14)9-2-4-10(5-3-9)16-8-12(13)6-7-12/h2-5H,6-8,13H2,1H3. The monoisotopic (exact) mass is 221 g/mol. The molecule has 4 nitrogen and oxygen atoms in total. The van der Waals surface area contributed by atoms with Gasteiger partial charge < -0.3 is 15.2 Å². The van der Waals surface area contributed by atoms with Crippen molar-refractivity contribution in [1.82, 2.24) is 0 Å². The summed E-state index contributed by atoms with van der Waals surface area (Å²) in [7, 11) is 1.36. The molecule has 1 fully saturated rings. The highest BCUT2D eigenvalue weighted by atomic mass is 16.5. The Morgan fingerprint density at radius 2 is 2.00 bits per heavy atom. The number of hydrogen-bond donors (Lipinski definition) is 1. The van der Waals surface area contributed by atoms with E-state index in [1.807, 2.05) is 0 Å². The van der Waals surface area contributed by atoms with E-state index in [0.29, 0.717) is 12.2 Å². The fourth-order valence-corrected chi connectivity index (χ4v) is 1.34. The van der Waals surface area contributed by atoms with Crippen LogP contribution in [-0.2, 0) is 4.74 Å². The van der Waals surface area contributed by atoms with Gasteiger partial charge in [-0.2, -0.15) is 0 Å². The number of esters is 1. The summed E-state index contributed by atoms with van der Waals surface area (Å²) < 4.78 is 10.1. The Hall–Kier alpha value is -1.55. The van der Waals surface area contributed by atoms with Crippen LogP contribution in [0, 0.1) is 0 Å². The number of methoxy groups -OCH3 is 1. The molecule has 16 heavy (non-hydrogen) atoms. The molecule has 0 radical (unpaired) electrons. The van der Waals surface area contributed by atoms with Crippen LogP contribution in [0.25, 0.3) is 0 Å². The van der Waals surface area contributed by atoms with Crippen LogP contribution in [0.4, 0.5) is 0 Å². The van der Waals surface area contributed by atoms with Crippen molar-refractivity contribution in [3.63, 3.8) is 0 Å². The third kappa shape index (κ3) is 2.52. The van der Waals surface area contributed by atoms with Crippen molar-refractivity contribution in [3.8, 4) is 5.75 Å². The molecule has 0 heterocycles. The Morgan fingerprint density at radius 3 is 2.50 bits per heavy atom. The van der Waals surface area contributed by atoms with E-state index in [2.05, 4.69) is 4.74 Å². The van der Waals surface area contributed by atoms with Crippen molar-refractivity contribution < 1.29 is 14.3 Å². The van der Waals surface area contributed by atoms with Crippen molar-refractivity contribution in [2.75, 3.05) is 13.7 Å². The maximum Gasteiger partial charge on any atom is 0.337 e. The molecule has 2 rings (SSSR count). The van der Waals surface area contributed by atoms with Crippen LogP contribution in [0.3, 0.4) is 0 Å². The van der Waals surface area contributed by atoms with E-state index in [1.165, 1.54) is 7.11 Å². The topological polar surface area (TPSA) is 61.5 Å². The lowest BCUT2D eigenvalue weighted by molar-refractivity contribution is 0.0600. The molecule has 4 heteroatoms. The summed E-state index contributed by atoms with van der Waals surface area (Å²) >= 11 is 0. The van der Waals surface area contributed by atoms with Gasteiger partial charge in [0.15, 0.2) is 0 Å². The Labute approximate surface area is 94.3 Å². The van der Waals surface area contributed by atoms with Crippen LogP contribution in [0.1, 0.15) is 23.2 Å². The van der Waals surface area contributed by atoms with Crippen LogP contribution < -0.4 is 10.5 Å².